The molecule has 0 unspecified atom stereocenters. The molecule has 0 aliphatic carbocycles. The molecule has 0 spiro atoms. The van der Waals surface area contributed by atoms with Crippen LogP contribution in [0.2, 0.25) is 5.02 Å². The van der Waals surface area contributed by atoms with Gasteiger partial charge in [-0.15, -0.1) is 0 Å². The fourth-order valence-corrected chi connectivity index (χ4v) is 4.57. The molecule has 1 saturated heterocycles. The molecule has 0 saturated carbocycles. The number of urea groups is 1. The van der Waals surface area contributed by atoms with Crippen molar-refractivity contribution in [2.24, 2.45) is 0 Å². The molecule has 4 rings (SSSR count). The summed E-state index contributed by atoms with van der Waals surface area (Å²) in [6.07, 6.45) is 2.41. The number of carbonyl (C=O) groups is 1. The van der Waals surface area contributed by atoms with Crippen molar-refractivity contribution < 1.29 is 9.18 Å². The van der Waals surface area contributed by atoms with Crippen LogP contribution < -0.4 is 10.2 Å². The van der Waals surface area contributed by atoms with E-state index in [0.717, 1.165) is 48.7 Å². The Morgan fingerprint density at radius 1 is 1.06 bits per heavy atom. The van der Waals surface area contributed by atoms with Crippen LogP contribution in [0, 0.1) is 19.7 Å². The highest BCUT2D eigenvalue weighted by Crippen LogP contribution is 2.26. The number of rotatable bonds is 5. The lowest BCUT2D eigenvalue weighted by Crippen LogP contribution is -2.38. The van der Waals surface area contributed by atoms with Crippen LogP contribution in [0.3, 0.4) is 0 Å². The molecule has 3 aromatic rings. The van der Waals surface area contributed by atoms with Crippen molar-refractivity contribution in [3.8, 4) is 0 Å². The number of halogens is 2. The van der Waals surface area contributed by atoms with E-state index in [0.29, 0.717) is 25.3 Å². The molecule has 1 aliphatic rings. The van der Waals surface area contributed by atoms with Gasteiger partial charge in [0.2, 0.25) is 0 Å². The number of nitrogens with one attached hydrogen (secondary N) is 1. The fourth-order valence-electron chi connectivity index (χ4n) is 4.39. The summed E-state index contributed by atoms with van der Waals surface area (Å²) in [6, 6.07) is 12.5. The van der Waals surface area contributed by atoms with Crippen LogP contribution in [0.25, 0.3) is 0 Å². The highest BCUT2D eigenvalue weighted by Gasteiger charge is 2.24. The Bertz CT molecular complexity index is 1200. The van der Waals surface area contributed by atoms with Gasteiger partial charge in [0.25, 0.3) is 0 Å². The third kappa shape index (κ3) is 6.09. The van der Waals surface area contributed by atoms with Crippen LogP contribution in [-0.2, 0) is 12.8 Å². The quantitative estimate of drug-likeness (QED) is 0.487. The summed E-state index contributed by atoms with van der Waals surface area (Å²) in [7, 11) is 0. The van der Waals surface area contributed by atoms with Crippen molar-refractivity contribution in [2.75, 3.05) is 36.4 Å². The summed E-state index contributed by atoms with van der Waals surface area (Å²) in [4.78, 5) is 26.5. The van der Waals surface area contributed by atoms with Gasteiger partial charge in [0.05, 0.1) is 5.02 Å². The van der Waals surface area contributed by atoms with Gasteiger partial charge in [0.1, 0.15) is 17.5 Å². The van der Waals surface area contributed by atoms with Crippen molar-refractivity contribution in [1.82, 2.24) is 14.9 Å². The molecule has 2 aromatic carbocycles. The van der Waals surface area contributed by atoms with E-state index < -0.39 is 5.82 Å². The summed E-state index contributed by atoms with van der Waals surface area (Å²) in [5.74, 6) is 1.21. The number of carbonyl (C=O) groups excluding carboxylic acids is 1. The van der Waals surface area contributed by atoms with Gasteiger partial charge in [-0.05, 0) is 50.5 Å². The minimum atomic E-state index is -0.511. The van der Waals surface area contributed by atoms with Gasteiger partial charge >= 0.3 is 6.03 Å². The second-order valence-electron chi connectivity index (χ2n) is 8.92. The molecule has 0 radical (unpaired) electrons. The Morgan fingerprint density at radius 3 is 2.54 bits per heavy atom. The van der Waals surface area contributed by atoms with Gasteiger partial charge in [0, 0.05) is 49.5 Å². The van der Waals surface area contributed by atoms with Crippen molar-refractivity contribution >= 4 is 29.1 Å². The molecule has 1 fully saturated rings. The second-order valence-corrected chi connectivity index (χ2v) is 9.33. The highest BCUT2D eigenvalue weighted by atomic mass is 35.5. The number of aryl methyl sites for hydroxylation is 3. The maximum atomic E-state index is 13.4. The van der Waals surface area contributed by atoms with E-state index in [9.17, 15) is 9.18 Å². The lowest BCUT2D eigenvalue weighted by atomic mass is 10.0. The predicted molar refractivity (Wildman–Crippen MR) is 139 cm³/mol. The van der Waals surface area contributed by atoms with Crippen molar-refractivity contribution in [2.45, 2.75) is 40.0 Å². The van der Waals surface area contributed by atoms with Crippen LogP contribution >= 0.6 is 11.6 Å². The molecule has 0 bridgehead atoms. The van der Waals surface area contributed by atoms with Crippen LogP contribution in [0.15, 0.2) is 42.5 Å². The molecule has 0 atom stereocenters. The standard InChI is InChI=1S/C27H31ClFN5O/c1-4-25-22(16-20-8-6-18(2)7-9-20)26(31-19(3)30-25)33-12-5-13-34(15-14-33)27(35)32-21-10-11-24(29)23(28)17-21/h6-11,17H,4-5,12-16H2,1-3H3,(H,32,35). The van der Waals surface area contributed by atoms with E-state index in [-0.39, 0.29) is 11.1 Å². The zero-order valence-electron chi connectivity index (χ0n) is 20.4. The summed E-state index contributed by atoms with van der Waals surface area (Å²) >= 11 is 5.86. The first-order valence-electron chi connectivity index (χ1n) is 12.0. The molecule has 1 N–H and O–H groups in total. The number of aromatic nitrogens is 2. The largest absolute Gasteiger partial charge is 0.354 e. The van der Waals surface area contributed by atoms with E-state index in [1.54, 1.807) is 4.90 Å². The van der Waals surface area contributed by atoms with Gasteiger partial charge in [-0.2, -0.15) is 0 Å². The Kier molecular flexibility index (Phi) is 7.86. The van der Waals surface area contributed by atoms with E-state index >= 15 is 0 Å². The number of nitrogens with zero attached hydrogens (tertiary/aromatic N) is 4. The molecule has 6 nitrogen and oxygen atoms in total. The van der Waals surface area contributed by atoms with Crippen molar-refractivity contribution in [1.29, 1.82) is 0 Å². The van der Waals surface area contributed by atoms with E-state index in [1.807, 2.05) is 6.92 Å². The van der Waals surface area contributed by atoms with Crippen LogP contribution in [0.1, 0.15) is 41.6 Å². The maximum Gasteiger partial charge on any atom is 0.321 e. The first-order valence-corrected chi connectivity index (χ1v) is 12.4. The summed E-state index contributed by atoms with van der Waals surface area (Å²) in [6.45, 7) is 8.78. The average molecular weight is 496 g/mol. The molecular weight excluding hydrogens is 465 g/mol. The maximum absolute atomic E-state index is 13.4. The number of amides is 2. The summed E-state index contributed by atoms with van der Waals surface area (Å²) in [5, 5.41) is 2.81. The van der Waals surface area contributed by atoms with Gasteiger partial charge in [-0.25, -0.2) is 19.2 Å². The number of anilines is 2. The molecule has 35 heavy (non-hydrogen) atoms. The summed E-state index contributed by atoms with van der Waals surface area (Å²) in [5.41, 5.74) is 5.16. The first-order chi connectivity index (χ1) is 16.8. The minimum Gasteiger partial charge on any atom is -0.354 e. The van der Waals surface area contributed by atoms with Gasteiger partial charge in [0.15, 0.2) is 0 Å². The van der Waals surface area contributed by atoms with Crippen LogP contribution in [-0.4, -0.2) is 47.1 Å². The van der Waals surface area contributed by atoms with E-state index in [2.05, 4.69) is 48.3 Å². The fraction of sp³-hybridized carbons (Fsp3) is 0.370. The lowest BCUT2D eigenvalue weighted by molar-refractivity contribution is 0.215. The topological polar surface area (TPSA) is 61.4 Å². The van der Waals surface area contributed by atoms with Crippen LogP contribution in [0.5, 0.6) is 0 Å². The zero-order valence-corrected chi connectivity index (χ0v) is 21.2. The Balaban J connectivity index is 1.52. The first kappa shape index (κ1) is 24.9. The monoisotopic (exact) mass is 495 g/mol. The number of hydrogen-bond donors (Lipinski definition) is 1. The third-order valence-electron chi connectivity index (χ3n) is 6.27. The van der Waals surface area contributed by atoms with Gasteiger partial charge in [-0.3, -0.25) is 0 Å². The Labute approximate surface area is 211 Å². The highest BCUT2D eigenvalue weighted by molar-refractivity contribution is 6.31. The molecular formula is C27H31ClFN5O. The predicted octanol–water partition coefficient (Wildman–Crippen LogP) is 5.78. The Hall–Kier alpha value is -3.19. The van der Waals surface area contributed by atoms with E-state index in [1.165, 1.54) is 29.3 Å². The molecule has 1 aromatic heterocycles. The molecule has 2 amide bonds. The molecule has 1 aliphatic heterocycles. The Morgan fingerprint density at radius 2 is 1.83 bits per heavy atom. The summed E-state index contributed by atoms with van der Waals surface area (Å²) < 4.78 is 13.4. The minimum absolute atomic E-state index is 0.0168. The van der Waals surface area contributed by atoms with Crippen molar-refractivity contribution in [3.05, 3.63) is 81.5 Å². The SMILES string of the molecule is CCc1nc(C)nc(N2CCCN(C(=O)Nc3ccc(F)c(Cl)c3)CC2)c1Cc1ccc(C)cc1. The zero-order chi connectivity index (χ0) is 24.9. The normalized spacial score (nSPS) is 14.1. The molecule has 8 heteroatoms. The van der Waals surface area contributed by atoms with Crippen LogP contribution in [0.4, 0.5) is 20.7 Å². The molecule has 2 heterocycles. The number of benzene rings is 2. The van der Waals surface area contributed by atoms with Gasteiger partial charge in [-0.1, -0.05) is 48.4 Å². The van der Waals surface area contributed by atoms with Gasteiger partial charge < -0.3 is 15.1 Å². The number of hydrogen-bond acceptors (Lipinski definition) is 4. The second kappa shape index (κ2) is 11.0. The average Bonchev–Trinajstić information content (AvgIpc) is 3.10. The van der Waals surface area contributed by atoms with Crippen molar-refractivity contribution in [3.63, 3.8) is 0 Å². The third-order valence-corrected chi connectivity index (χ3v) is 6.56. The molecule has 184 valence electrons. The van der Waals surface area contributed by atoms with E-state index in [4.69, 9.17) is 21.6 Å². The lowest BCUT2D eigenvalue weighted by Gasteiger charge is -2.26. The smallest absolute Gasteiger partial charge is 0.321 e.